The molecule has 0 amide bonds. The van der Waals surface area contributed by atoms with Crippen molar-refractivity contribution in [3.8, 4) is 0 Å². The molecule has 2 aromatic rings. The van der Waals surface area contributed by atoms with Crippen LogP contribution in [0, 0.1) is 0 Å². The molecule has 0 atom stereocenters. The van der Waals surface area contributed by atoms with Gasteiger partial charge in [0.1, 0.15) is 0 Å². The Morgan fingerprint density at radius 1 is 0.895 bits per heavy atom. The fourth-order valence-electron chi connectivity index (χ4n) is 2.65. The maximum Gasteiger partial charge on any atom is 0.0148 e. The van der Waals surface area contributed by atoms with Crippen molar-refractivity contribution in [1.82, 2.24) is 5.32 Å². The Hall–Kier alpha value is -1.25. The van der Waals surface area contributed by atoms with E-state index in [1.165, 1.54) is 28.9 Å². The molecule has 0 radical (unpaired) electrons. The van der Waals surface area contributed by atoms with Crippen molar-refractivity contribution in [1.29, 1.82) is 0 Å². The second-order valence-electron chi connectivity index (χ2n) is 4.99. The second-order valence-corrected chi connectivity index (χ2v) is 6.16. The molecule has 0 bridgehead atoms. The molecule has 1 aliphatic rings. The maximum absolute atomic E-state index is 3.68. The number of benzene rings is 2. The third-order valence-electron chi connectivity index (χ3n) is 3.60. The van der Waals surface area contributed by atoms with Crippen molar-refractivity contribution < 1.29 is 0 Å². The monoisotopic (exact) mass is 269 g/mol. The minimum Gasteiger partial charge on any atom is -0.312 e. The van der Waals surface area contributed by atoms with E-state index in [1.807, 2.05) is 11.8 Å². The SMILES string of the molecule is c1ccc(SCCNC2Cc3ccccc3C2)cc1. The maximum atomic E-state index is 3.68. The van der Waals surface area contributed by atoms with Crippen LogP contribution in [-0.2, 0) is 12.8 Å². The summed E-state index contributed by atoms with van der Waals surface area (Å²) in [5, 5.41) is 3.68. The van der Waals surface area contributed by atoms with Crippen LogP contribution in [0.3, 0.4) is 0 Å². The van der Waals surface area contributed by atoms with E-state index in [9.17, 15) is 0 Å². The van der Waals surface area contributed by atoms with E-state index < -0.39 is 0 Å². The zero-order chi connectivity index (χ0) is 12.9. The lowest BCUT2D eigenvalue weighted by atomic mass is 10.1. The van der Waals surface area contributed by atoms with Crippen LogP contribution in [0.15, 0.2) is 59.5 Å². The highest BCUT2D eigenvalue weighted by molar-refractivity contribution is 7.99. The van der Waals surface area contributed by atoms with Gasteiger partial charge in [-0.15, -0.1) is 11.8 Å². The first kappa shape index (κ1) is 12.8. The van der Waals surface area contributed by atoms with Crippen LogP contribution in [0.1, 0.15) is 11.1 Å². The van der Waals surface area contributed by atoms with E-state index >= 15 is 0 Å². The topological polar surface area (TPSA) is 12.0 Å². The quantitative estimate of drug-likeness (QED) is 0.658. The molecule has 0 aromatic heterocycles. The predicted molar refractivity (Wildman–Crippen MR) is 82.8 cm³/mol. The van der Waals surface area contributed by atoms with Crippen molar-refractivity contribution in [2.75, 3.05) is 12.3 Å². The molecule has 2 heteroatoms. The Labute approximate surface area is 119 Å². The molecule has 98 valence electrons. The molecule has 0 fully saturated rings. The lowest BCUT2D eigenvalue weighted by Gasteiger charge is -2.11. The summed E-state index contributed by atoms with van der Waals surface area (Å²) in [6.45, 7) is 1.08. The van der Waals surface area contributed by atoms with Gasteiger partial charge in [-0.3, -0.25) is 0 Å². The highest BCUT2D eigenvalue weighted by Gasteiger charge is 2.19. The molecule has 0 saturated heterocycles. The molecule has 0 unspecified atom stereocenters. The Kier molecular flexibility index (Phi) is 4.21. The van der Waals surface area contributed by atoms with E-state index in [4.69, 9.17) is 0 Å². The molecule has 1 aliphatic carbocycles. The summed E-state index contributed by atoms with van der Waals surface area (Å²) in [5.41, 5.74) is 3.05. The van der Waals surface area contributed by atoms with Gasteiger partial charge in [-0.2, -0.15) is 0 Å². The van der Waals surface area contributed by atoms with Crippen LogP contribution in [0.25, 0.3) is 0 Å². The van der Waals surface area contributed by atoms with Crippen LogP contribution in [0.5, 0.6) is 0 Å². The van der Waals surface area contributed by atoms with E-state index in [1.54, 1.807) is 0 Å². The van der Waals surface area contributed by atoms with E-state index in [0.29, 0.717) is 6.04 Å². The number of thioether (sulfide) groups is 1. The summed E-state index contributed by atoms with van der Waals surface area (Å²) >= 11 is 1.93. The third-order valence-corrected chi connectivity index (χ3v) is 4.61. The van der Waals surface area contributed by atoms with Gasteiger partial charge in [0.25, 0.3) is 0 Å². The number of nitrogens with one attached hydrogen (secondary N) is 1. The normalized spacial score (nSPS) is 14.5. The fraction of sp³-hybridized carbons (Fsp3) is 0.294. The van der Waals surface area contributed by atoms with E-state index in [2.05, 4.69) is 59.9 Å². The zero-order valence-corrected chi connectivity index (χ0v) is 11.8. The second kappa shape index (κ2) is 6.27. The predicted octanol–water partition coefficient (Wildman–Crippen LogP) is 3.54. The van der Waals surface area contributed by atoms with Gasteiger partial charge in [-0.05, 0) is 36.1 Å². The summed E-state index contributed by atoms with van der Waals surface area (Å²) in [6, 6.07) is 20.1. The van der Waals surface area contributed by atoms with Gasteiger partial charge in [0.2, 0.25) is 0 Å². The van der Waals surface area contributed by atoms with Crippen LogP contribution in [0.4, 0.5) is 0 Å². The first-order valence-electron chi connectivity index (χ1n) is 6.90. The zero-order valence-electron chi connectivity index (χ0n) is 11.0. The van der Waals surface area contributed by atoms with Gasteiger partial charge in [0.05, 0.1) is 0 Å². The molecule has 3 rings (SSSR count). The van der Waals surface area contributed by atoms with Crippen LogP contribution >= 0.6 is 11.8 Å². The van der Waals surface area contributed by atoms with Gasteiger partial charge in [-0.1, -0.05) is 42.5 Å². The summed E-state index contributed by atoms with van der Waals surface area (Å²) in [4.78, 5) is 1.36. The summed E-state index contributed by atoms with van der Waals surface area (Å²) in [7, 11) is 0. The summed E-state index contributed by atoms with van der Waals surface area (Å²) in [5.74, 6) is 1.14. The molecule has 0 heterocycles. The van der Waals surface area contributed by atoms with Crippen LogP contribution < -0.4 is 5.32 Å². The van der Waals surface area contributed by atoms with Crippen LogP contribution in [0.2, 0.25) is 0 Å². The molecular formula is C17H19NS. The molecule has 1 N–H and O–H groups in total. The van der Waals surface area contributed by atoms with Crippen molar-refractivity contribution in [3.63, 3.8) is 0 Å². The Bertz CT molecular complexity index is 499. The standard InChI is InChI=1S/C17H19NS/c1-2-8-17(9-3-1)19-11-10-18-16-12-14-6-4-5-7-15(14)13-16/h1-9,16,18H,10-13H2. The number of rotatable bonds is 5. The molecule has 0 aliphatic heterocycles. The smallest absolute Gasteiger partial charge is 0.0148 e. The molecule has 2 aromatic carbocycles. The first-order chi connectivity index (χ1) is 9.42. The molecule has 19 heavy (non-hydrogen) atoms. The summed E-state index contributed by atoms with van der Waals surface area (Å²) in [6.07, 6.45) is 2.37. The number of fused-ring (bicyclic) bond motifs is 1. The Morgan fingerprint density at radius 3 is 2.21 bits per heavy atom. The Morgan fingerprint density at radius 2 is 1.53 bits per heavy atom. The van der Waals surface area contributed by atoms with Gasteiger partial charge < -0.3 is 5.32 Å². The van der Waals surface area contributed by atoms with E-state index in [0.717, 1.165) is 12.3 Å². The number of hydrogen-bond acceptors (Lipinski definition) is 2. The third kappa shape index (κ3) is 3.40. The average Bonchev–Trinajstić information content (AvgIpc) is 2.87. The van der Waals surface area contributed by atoms with Crippen molar-refractivity contribution in [2.45, 2.75) is 23.8 Å². The van der Waals surface area contributed by atoms with E-state index in [-0.39, 0.29) is 0 Å². The van der Waals surface area contributed by atoms with Crippen molar-refractivity contribution in [2.24, 2.45) is 0 Å². The minimum absolute atomic E-state index is 0.633. The number of hydrogen-bond donors (Lipinski definition) is 1. The largest absolute Gasteiger partial charge is 0.312 e. The lowest BCUT2D eigenvalue weighted by molar-refractivity contribution is 0.554. The highest BCUT2D eigenvalue weighted by Crippen LogP contribution is 2.22. The van der Waals surface area contributed by atoms with Crippen molar-refractivity contribution in [3.05, 3.63) is 65.7 Å². The van der Waals surface area contributed by atoms with Gasteiger partial charge in [0.15, 0.2) is 0 Å². The first-order valence-corrected chi connectivity index (χ1v) is 7.88. The van der Waals surface area contributed by atoms with Gasteiger partial charge >= 0.3 is 0 Å². The minimum atomic E-state index is 0.633. The Balaban J connectivity index is 1.41. The van der Waals surface area contributed by atoms with Crippen molar-refractivity contribution >= 4 is 11.8 Å². The van der Waals surface area contributed by atoms with Gasteiger partial charge in [0, 0.05) is 23.2 Å². The fourth-order valence-corrected chi connectivity index (χ4v) is 3.46. The highest BCUT2D eigenvalue weighted by atomic mass is 32.2. The summed E-state index contributed by atoms with van der Waals surface area (Å²) < 4.78 is 0. The molecule has 0 saturated carbocycles. The van der Waals surface area contributed by atoms with Gasteiger partial charge in [-0.25, -0.2) is 0 Å². The molecule has 0 spiro atoms. The average molecular weight is 269 g/mol. The van der Waals surface area contributed by atoms with Crippen LogP contribution in [-0.4, -0.2) is 18.3 Å². The molecule has 1 nitrogen and oxygen atoms in total. The molecular weight excluding hydrogens is 250 g/mol. The lowest BCUT2D eigenvalue weighted by Crippen LogP contribution is -2.31.